The second-order valence-corrected chi connectivity index (χ2v) is 4.10. The highest BCUT2D eigenvalue weighted by molar-refractivity contribution is 7.80. The molecule has 0 radical (unpaired) electrons. The SMILES string of the molecule is CCCC(CS)CN(CC)CCC. The van der Waals surface area contributed by atoms with Crippen LogP contribution in [0.25, 0.3) is 0 Å². The summed E-state index contributed by atoms with van der Waals surface area (Å²) in [5.41, 5.74) is 0. The Morgan fingerprint density at radius 3 is 2.23 bits per heavy atom. The van der Waals surface area contributed by atoms with Crippen LogP contribution in [0.3, 0.4) is 0 Å². The molecular weight excluding hydrogens is 178 g/mol. The van der Waals surface area contributed by atoms with Crippen LogP contribution < -0.4 is 0 Å². The third-order valence-electron chi connectivity index (χ3n) is 2.46. The van der Waals surface area contributed by atoms with Crippen LogP contribution in [0.5, 0.6) is 0 Å². The fourth-order valence-electron chi connectivity index (χ4n) is 1.71. The average Bonchev–Trinajstić information content (AvgIpc) is 2.16. The minimum Gasteiger partial charge on any atom is -0.303 e. The first-order chi connectivity index (χ1) is 6.28. The predicted octanol–water partition coefficient (Wildman–Crippen LogP) is 3.06. The molecule has 0 bridgehead atoms. The maximum Gasteiger partial charge on any atom is 0.00173 e. The van der Waals surface area contributed by atoms with E-state index in [-0.39, 0.29) is 0 Å². The number of hydrogen-bond acceptors (Lipinski definition) is 2. The summed E-state index contributed by atoms with van der Waals surface area (Å²) in [6.45, 7) is 10.4. The van der Waals surface area contributed by atoms with Crippen molar-refractivity contribution in [2.24, 2.45) is 5.92 Å². The maximum atomic E-state index is 4.40. The third-order valence-corrected chi connectivity index (χ3v) is 2.97. The molecule has 0 rings (SSSR count). The van der Waals surface area contributed by atoms with Gasteiger partial charge in [0, 0.05) is 6.54 Å². The van der Waals surface area contributed by atoms with Crippen molar-refractivity contribution < 1.29 is 0 Å². The van der Waals surface area contributed by atoms with E-state index >= 15 is 0 Å². The van der Waals surface area contributed by atoms with Gasteiger partial charge < -0.3 is 4.90 Å². The molecule has 0 fully saturated rings. The summed E-state index contributed by atoms with van der Waals surface area (Å²) in [4.78, 5) is 2.54. The van der Waals surface area contributed by atoms with Crippen LogP contribution in [0.15, 0.2) is 0 Å². The molecule has 0 amide bonds. The normalized spacial score (nSPS) is 13.6. The van der Waals surface area contributed by atoms with Gasteiger partial charge in [-0.3, -0.25) is 0 Å². The van der Waals surface area contributed by atoms with Gasteiger partial charge in [-0.2, -0.15) is 12.6 Å². The molecule has 13 heavy (non-hydrogen) atoms. The first-order valence-electron chi connectivity index (χ1n) is 5.61. The van der Waals surface area contributed by atoms with Crippen molar-refractivity contribution in [3.8, 4) is 0 Å². The maximum absolute atomic E-state index is 4.40. The van der Waals surface area contributed by atoms with Crippen molar-refractivity contribution in [3.63, 3.8) is 0 Å². The van der Waals surface area contributed by atoms with Crippen LogP contribution in [0, 0.1) is 5.92 Å². The monoisotopic (exact) mass is 203 g/mol. The van der Waals surface area contributed by atoms with Crippen molar-refractivity contribution in [2.45, 2.75) is 40.0 Å². The van der Waals surface area contributed by atoms with Crippen molar-refractivity contribution in [1.82, 2.24) is 4.90 Å². The fraction of sp³-hybridized carbons (Fsp3) is 1.00. The van der Waals surface area contributed by atoms with Crippen molar-refractivity contribution >= 4 is 12.6 Å². The lowest BCUT2D eigenvalue weighted by Gasteiger charge is -2.24. The Morgan fingerprint density at radius 1 is 1.15 bits per heavy atom. The Bertz CT molecular complexity index is 94.3. The molecule has 1 nitrogen and oxygen atoms in total. The van der Waals surface area contributed by atoms with E-state index in [4.69, 9.17) is 0 Å². The average molecular weight is 203 g/mol. The first-order valence-corrected chi connectivity index (χ1v) is 6.24. The zero-order chi connectivity index (χ0) is 10.1. The van der Waals surface area contributed by atoms with Gasteiger partial charge in [0.05, 0.1) is 0 Å². The largest absolute Gasteiger partial charge is 0.303 e. The molecule has 0 aliphatic carbocycles. The number of nitrogens with zero attached hydrogens (tertiary/aromatic N) is 1. The van der Waals surface area contributed by atoms with Crippen LogP contribution in [0.1, 0.15) is 40.0 Å². The van der Waals surface area contributed by atoms with Crippen LogP contribution in [-0.4, -0.2) is 30.3 Å². The van der Waals surface area contributed by atoms with Gasteiger partial charge in [0.2, 0.25) is 0 Å². The molecule has 0 N–H and O–H groups in total. The standard InChI is InChI=1S/C11H25NS/c1-4-7-11(10-13)9-12(6-3)8-5-2/h11,13H,4-10H2,1-3H3. The van der Waals surface area contributed by atoms with E-state index in [1.165, 1.54) is 38.9 Å². The summed E-state index contributed by atoms with van der Waals surface area (Å²) in [6, 6.07) is 0. The molecule has 2 heteroatoms. The molecule has 0 saturated heterocycles. The highest BCUT2D eigenvalue weighted by atomic mass is 32.1. The number of thiol groups is 1. The molecule has 1 unspecified atom stereocenters. The topological polar surface area (TPSA) is 3.24 Å². The second-order valence-electron chi connectivity index (χ2n) is 3.73. The summed E-state index contributed by atoms with van der Waals surface area (Å²) < 4.78 is 0. The van der Waals surface area contributed by atoms with E-state index < -0.39 is 0 Å². The van der Waals surface area contributed by atoms with E-state index in [1.807, 2.05) is 0 Å². The quantitative estimate of drug-likeness (QED) is 0.593. The summed E-state index contributed by atoms with van der Waals surface area (Å²) in [5.74, 6) is 1.83. The molecule has 0 saturated carbocycles. The predicted molar refractivity (Wildman–Crippen MR) is 64.7 cm³/mol. The Labute approximate surface area is 89.3 Å². The van der Waals surface area contributed by atoms with Crippen molar-refractivity contribution in [3.05, 3.63) is 0 Å². The zero-order valence-corrected chi connectivity index (χ0v) is 10.3. The zero-order valence-electron chi connectivity index (χ0n) is 9.42. The Hall–Kier alpha value is 0.310. The summed E-state index contributed by atoms with van der Waals surface area (Å²) in [6.07, 6.45) is 3.87. The summed E-state index contributed by atoms with van der Waals surface area (Å²) >= 11 is 4.40. The fourth-order valence-corrected chi connectivity index (χ4v) is 2.01. The second kappa shape index (κ2) is 8.89. The summed E-state index contributed by atoms with van der Waals surface area (Å²) in [5, 5.41) is 0. The number of rotatable bonds is 8. The van der Waals surface area contributed by atoms with Crippen LogP contribution >= 0.6 is 12.6 Å². The van der Waals surface area contributed by atoms with E-state index in [0.29, 0.717) is 0 Å². The highest BCUT2D eigenvalue weighted by Gasteiger charge is 2.09. The molecule has 80 valence electrons. The molecule has 0 heterocycles. The first kappa shape index (κ1) is 13.3. The third kappa shape index (κ3) is 6.39. The van der Waals surface area contributed by atoms with E-state index in [1.54, 1.807) is 0 Å². The Kier molecular flexibility index (Phi) is 9.10. The van der Waals surface area contributed by atoms with E-state index in [9.17, 15) is 0 Å². The van der Waals surface area contributed by atoms with E-state index in [0.717, 1.165) is 11.7 Å². The molecule has 1 atom stereocenters. The van der Waals surface area contributed by atoms with Gasteiger partial charge in [0.15, 0.2) is 0 Å². The van der Waals surface area contributed by atoms with Crippen molar-refractivity contribution in [1.29, 1.82) is 0 Å². The lowest BCUT2D eigenvalue weighted by Crippen LogP contribution is -2.30. The van der Waals surface area contributed by atoms with Crippen LogP contribution in [0.2, 0.25) is 0 Å². The Morgan fingerprint density at radius 2 is 1.85 bits per heavy atom. The van der Waals surface area contributed by atoms with Gasteiger partial charge >= 0.3 is 0 Å². The van der Waals surface area contributed by atoms with Gasteiger partial charge in [0.1, 0.15) is 0 Å². The lowest BCUT2D eigenvalue weighted by molar-refractivity contribution is 0.245. The molecular formula is C11H25NS. The highest BCUT2D eigenvalue weighted by Crippen LogP contribution is 2.10. The minimum absolute atomic E-state index is 0.792. The molecule has 0 aromatic carbocycles. The van der Waals surface area contributed by atoms with Crippen LogP contribution in [0.4, 0.5) is 0 Å². The molecule has 0 aromatic heterocycles. The smallest absolute Gasteiger partial charge is 0.00173 e. The van der Waals surface area contributed by atoms with E-state index in [2.05, 4.69) is 38.3 Å². The molecule has 0 aliphatic heterocycles. The lowest BCUT2D eigenvalue weighted by atomic mass is 10.1. The molecule has 0 aromatic rings. The van der Waals surface area contributed by atoms with Gasteiger partial charge in [-0.15, -0.1) is 0 Å². The summed E-state index contributed by atoms with van der Waals surface area (Å²) in [7, 11) is 0. The van der Waals surface area contributed by atoms with Crippen LogP contribution in [-0.2, 0) is 0 Å². The van der Waals surface area contributed by atoms with Gasteiger partial charge in [-0.1, -0.05) is 27.2 Å². The molecule has 0 aliphatic rings. The Balaban J connectivity index is 3.73. The van der Waals surface area contributed by atoms with Crippen molar-refractivity contribution in [2.75, 3.05) is 25.4 Å². The van der Waals surface area contributed by atoms with Gasteiger partial charge in [0.25, 0.3) is 0 Å². The molecule has 0 spiro atoms. The van der Waals surface area contributed by atoms with Gasteiger partial charge in [-0.25, -0.2) is 0 Å². The van der Waals surface area contributed by atoms with Gasteiger partial charge in [-0.05, 0) is 37.6 Å². The minimum atomic E-state index is 0.792. The number of hydrogen-bond donors (Lipinski definition) is 1.